The van der Waals surface area contributed by atoms with Crippen LogP contribution in [0.2, 0.25) is 0 Å². The first-order chi connectivity index (χ1) is 13.1. The minimum Gasteiger partial charge on any atom is -0.340 e. The molecule has 28 heavy (non-hydrogen) atoms. The van der Waals surface area contributed by atoms with E-state index < -0.39 is 11.2 Å². The summed E-state index contributed by atoms with van der Waals surface area (Å²) < 4.78 is 1.29. The predicted molar refractivity (Wildman–Crippen MR) is 107 cm³/mol. The molecule has 3 heterocycles. The monoisotopic (exact) mass is 390 g/mol. The quantitative estimate of drug-likeness (QED) is 0.771. The van der Waals surface area contributed by atoms with Crippen LogP contribution in [0.25, 0.3) is 11.2 Å². The molecule has 0 aliphatic carbocycles. The van der Waals surface area contributed by atoms with Crippen molar-refractivity contribution in [2.75, 3.05) is 32.7 Å². The fourth-order valence-electron chi connectivity index (χ4n) is 3.37. The molecule has 2 N–H and O–H groups in total. The van der Waals surface area contributed by atoms with Crippen LogP contribution in [0.4, 0.5) is 0 Å². The molecule has 0 spiro atoms. The largest absolute Gasteiger partial charge is 0.340 e. The van der Waals surface area contributed by atoms with Gasteiger partial charge in [-0.3, -0.25) is 24.0 Å². The molecule has 2 aromatic heterocycles. The van der Waals surface area contributed by atoms with Crippen molar-refractivity contribution in [1.29, 1.82) is 0 Å². The lowest BCUT2D eigenvalue weighted by Gasteiger charge is -2.36. The zero-order chi connectivity index (χ0) is 20.5. The molecule has 3 rings (SSSR count). The fourth-order valence-corrected chi connectivity index (χ4v) is 3.37. The van der Waals surface area contributed by atoms with Gasteiger partial charge in [0.25, 0.3) is 5.56 Å². The molecule has 0 aromatic carbocycles. The molecule has 2 aromatic rings. The lowest BCUT2D eigenvalue weighted by Crippen LogP contribution is -2.49. The minimum absolute atomic E-state index is 0.0960. The van der Waals surface area contributed by atoms with Gasteiger partial charge in [-0.1, -0.05) is 20.8 Å². The highest BCUT2D eigenvalue weighted by molar-refractivity contribution is 5.76. The maximum absolute atomic E-state index is 12.5. The first-order valence-corrected chi connectivity index (χ1v) is 9.82. The Balaban J connectivity index is 1.53. The van der Waals surface area contributed by atoms with Crippen molar-refractivity contribution in [3.8, 4) is 0 Å². The Morgan fingerprint density at radius 1 is 1.11 bits per heavy atom. The van der Waals surface area contributed by atoms with Crippen molar-refractivity contribution in [3.63, 3.8) is 0 Å². The highest BCUT2D eigenvalue weighted by Crippen LogP contribution is 2.19. The zero-order valence-electron chi connectivity index (χ0n) is 17.2. The van der Waals surface area contributed by atoms with Crippen LogP contribution in [0.5, 0.6) is 0 Å². The number of aromatic nitrogens is 4. The third-order valence-electron chi connectivity index (χ3n) is 5.28. The van der Waals surface area contributed by atoms with Gasteiger partial charge in [-0.05, 0) is 18.4 Å². The van der Waals surface area contributed by atoms with Gasteiger partial charge in [0.15, 0.2) is 5.65 Å². The topological polar surface area (TPSA) is 107 Å². The number of nitrogens with zero attached hydrogens (tertiary/aromatic N) is 4. The van der Waals surface area contributed by atoms with Gasteiger partial charge < -0.3 is 9.88 Å². The number of carbonyl (C=O) groups excluding carboxylic acids is 1. The molecule has 1 aliphatic heterocycles. The van der Waals surface area contributed by atoms with E-state index in [2.05, 4.69) is 40.6 Å². The molecule has 1 saturated heterocycles. The Morgan fingerprint density at radius 2 is 1.79 bits per heavy atom. The zero-order valence-corrected chi connectivity index (χ0v) is 17.2. The summed E-state index contributed by atoms with van der Waals surface area (Å²) in [6.45, 7) is 11.1. The molecule has 1 aliphatic rings. The second kappa shape index (κ2) is 7.90. The average molecular weight is 390 g/mol. The van der Waals surface area contributed by atoms with Gasteiger partial charge in [0, 0.05) is 46.1 Å². The molecule has 0 radical (unpaired) electrons. The molecule has 154 valence electrons. The fraction of sp³-hybridized carbons (Fsp3) is 0.684. The maximum atomic E-state index is 12.5. The Hall–Kier alpha value is -2.42. The van der Waals surface area contributed by atoms with Gasteiger partial charge in [0.1, 0.15) is 11.3 Å². The van der Waals surface area contributed by atoms with Crippen LogP contribution in [0, 0.1) is 5.41 Å². The molecule has 0 saturated carbocycles. The number of rotatable bonds is 5. The Bertz CT molecular complexity index is 957. The molecule has 9 nitrogen and oxygen atoms in total. The SMILES string of the molecule is Cn1c(=O)[nH]c(=O)c2[nH]c(CCC(=O)N3CCN(CCC(C)(C)C)CC3)nc21. The van der Waals surface area contributed by atoms with E-state index in [9.17, 15) is 14.4 Å². The lowest BCUT2D eigenvalue weighted by atomic mass is 9.92. The Morgan fingerprint density at radius 3 is 2.43 bits per heavy atom. The Labute approximate surface area is 163 Å². The lowest BCUT2D eigenvalue weighted by molar-refractivity contribution is -0.133. The number of amides is 1. The number of carbonyl (C=O) groups is 1. The van der Waals surface area contributed by atoms with E-state index in [1.807, 2.05) is 4.90 Å². The van der Waals surface area contributed by atoms with Gasteiger partial charge >= 0.3 is 5.69 Å². The summed E-state index contributed by atoms with van der Waals surface area (Å²) in [5.41, 5.74) is -0.101. The van der Waals surface area contributed by atoms with Gasteiger partial charge in [-0.2, -0.15) is 0 Å². The van der Waals surface area contributed by atoms with Gasteiger partial charge in [0.2, 0.25) is 5.91 Å². The van der Waals surface area contributed by atoms with Crippen molar-refractivity contribution >= 4 is 17.1 Å². The summed E-state index contributed by atoms with van der Waals surface area (Å²) in [4.78, 5) is 49.9. The first-order valence-electron chi connectivity index (χ1n) is 9.82. The summed E-state index contributed by atoms with van der Waals surface area (Å²) >= 11 is 0. The number of imidazole rings is 1. The molecule has 0 unspecified atom stereocenters. The van der Waals surface area contributed by atoms with E-state index in [-0.39, 0.29) is 11.4 Å². The summed E-state index contributed by atoms with van der Waals surface area (Å²) in [6.07, 6.45) is 1.88. The van der Waals surface area contributed by atoms with Crippen LogP contribution in [0.1, 0.15) is 39.4 Å². The summed E-state index contributed by atoms with van der Waals surface area (Å²) in [7, 11) is 1.55. The van der Waals surface area contributed by atoms with E-state index >= 15 is 0 Å². The molecular formula is C19H30N6O3. The predicted octanol–water partition coefficient (Wildman–Crippen LogP) is 0.463. The molecule has 1 fully saturated rings. The van der Waals surface area contributed by atoms with Crippen LogP contribution < -0.4 is 11.2 Å². The number of piperazine rings is 1. The van der Waals surface area contributed by atoms with Crippen LogP contribution in [0.3, 0.4) is 0 Å². The number of hydrogen-bond acceptors (Lipinski definition) is 5. The second-order valence-corrected chi connectivity index (χ2v) is 8.73. The van der Waals surface area contributed by atoms with Gasteiger partial charge in [0.05, 0.1) is 0 Å². The smallest absolute Gasteiger partial charge is 0.329 e. The molecule has 0 atom stereocenters. The average Bonchev–Trinajstić information content (AvgIpc) is 3.07. The second-order valence-electron chi connectivity index (χ2n) is 8.73. The molecule has 9 heteroatoms. The molecule has 1 amide bonds. The third-order valence-corrected chi connectivity index (χ3v) is 5.28. The van der Waals surface area contributed by atoms with E-state index in [0.717, 1.165) is 39.1 Å². The van der Waals surface area contributed by atoms with Gasteiger partial charge in [-0.15, -0.1) is 0 Å². The molecular weight excluding hydrogens is 360 g/mol. The van der Waals surface area contributed by atoms with E-state index in [4.69, 9.17) is 0 Å². The van der Waals surface area contributed by atoms with Crippen molar-refractivity contribution in [2.45, 2.75) is 40.0 Å². The standard InChI is InChI=1S/C19H30N6O3/c1-19(2,3)7-8-24-9-11-25(12-10-24)14(26)6-5-13-20-15-16(21-13)23(4)18(28)22-17(15)27/h5-12H2,1-4H3,(H,20,21)(H,22,27,28). The number of aromatic amines is 2. The number of fused-ring (bicyclic) bond motifs is 1. The Kier molecular flexibility index (Phi) is 5.74. The van der Waals surface area contributed by atoms with Gasteiger partial charge in [-0.25, -0.2) is 9.78 Å². The maximum Gasteiger partial charge on any atom is 0.329 e. The van der Waals surface area contributed by atoms with E-state index in [1.54, 1.807) is 7.05 Å². The number of nitrogens with one attached hydrogen (secondary N) is 2. The van der Waals surface area contributed by atoms with Crippen molar-refractivity contribution in [3.05, 3.63) is 26.7 Å². The van der Waals surface area contributed by atoms with E-state index in [1.165, 1.54) is 4.57 Å². The van der Waals surface area contributed by atoms with Crippen LogP contribution in [-0.4, -0.2) is 67.9 Å². The number of H-pyrrole nitrogens is 2. The third kappa shape index (κ3) is 4.70. The van der Waals surface area contributed by atoms with Crippen LogP contribution in [-0.2, 0) is 18.3 Å². The summed E-state index contributed by atoms with van der Waals surface area (Å²) in [6, 6.07) is 0. The number of aryl methyl sites for hydroxylation is 2. The van der Waals surface area contributed by atoms with Crippen molar-refractivity contribution in [1.82, 2.24) is 29.3 Å². The summed E-state index contributed by atoms with van der Waals surface area (Å²) in [5, 5.41) is 0. The first kappa shape index (κ1) is 20.3. The highest BCUT2D eigenvalue weighted by atomic mass is 16.2. The van der Waals surface area contributed by atoms with Crippen LogP contribution in [0.15, 0.2) is 9.59 Å². The summed E-state index contributed by atoms with van der Waals surface area (Å²) in [5.74, 6) is 0.637. The van der Waals surface area contributed by atoms with E-state index in [0.29, 0.717) is 29.7 Å². The molecule has 0 bridgehead atoms. The number of hydrogen-bond donors (Lipinski definition) is 2. The van der Waals surface area contributed by atoms with Crippen LogP contribution >= 0.6 is 0 Å². The van der Waals surface area contributed by atoms with Crippen molar-refractivity contribution in [2.24, 2.45) is 12.5 Å². The normalized spacial score (nSPS) is 16.1. The highest BCUT2D eigenvalue weighted by Gasteiger charge is 2.22. The van der Waals surface area contributed by atoms with Crippen molar-refractivity contribution < 1.29 is 4.79 Å². The minimum atomic E-state index is -0.504.